The lowest BCUT2D eigenvalue weighted by atomic mass is 9.94. The molecule has 0 saturated heterocycles. The largest absolute Gasteiger partial charge is 0.494 e. The average Bonchev–Trinajstić information content (AvgIpc) is 2.63. The third-order valence-electron chi connectivity index (χ3n) is 4.23. The predicted molar refractivity (Wildman–Crippen MR) is 110 cm³/mol. The van der Waals surface area contributed by atoms with Gasteiger partial charge in [-0.15, -0.1) is 0 Å². The van der Waals surface area contributed by atoms with E-state index in [0.29, 0.717) is 44.9 Å². The molecule has 1 unspecified atom stereocenters. The molecule has 0 fully saturated rings. The maximum absolute atomic E-state index is 13.0. The van der Waals surface area contributed by atoms with Gasteiger partial charge in [-0.1, -0.05) is 29.3 Å². The molecule has 28 heavy (non-hydrogen) atoms. The van der Waals surface area contributed by atoms with Crippen LogP contribution in [0.15, 0.2) is 53.7 Å². The van der Waals surface area contributed by atoms with Crippen molar-refractivity contribution in [2.75, 3.05) is 11.9 Å². The zero-order chi connectivity index (χ0) is 20.3. The molecule has 1 heterocycles. The van der Waals surface area contributed by atoms with E-state index in [1.807, 2.05) is 6.92 Å². The Labute approximate surface area is 172 Å². The van der Waals surface area contributed by atoms with Gasteiger partial charge in [-0.05, 0) is 50.2 Å². The summed E-state index contributed by atoms with van der Waals surface area (Å²) in [6.07, 6.45) is 0. The Balaban J connectivity index is 1.93. The van der Waals surface area contributed by atoms with E-state index >= 15 is 0 Å². The van der Waals surface area contributed by atoms with Crippen molar-refractivity contribution in [1.29, 1.82) is 0 Å². The molecule has 3 N–H and O–H groups in total. The Morgan fingerprint density at radius 1 is 1.14 bits per heavy atom. The molecule has 1 atom stereocenters. The lowest BCUT2D eigenvalue weighted by Gasteiger charge is -2.29. The second-order valence-corrected chi connectivity index (χ2v) is 6.93. The molecule has 1 aliphatic heterocycles. The highest BCUT2D eigenvalue weighted by Crippen LogP contribution is 2.36. The van der Waals surface area contributed by atoms with Gasteiger partial charge in [0.05, 0.1) is 18.2 Å². The Hall–Kier alpha value is -2.70. The van der Waals surface area contributed by atoms with Crippen LogP contribution in [0, 0.1) is 0 Å². The van der Waals surface area contributed by atoms with Crippen LogP contribution >= 0.6 is 23.2 Å². The Morgan fingerprint density at radius 3 is 2.39 bits per heavy atom. The number of anilines is 1. The van der Waals surface area contributed by atoms with Crippen molar-refractivity contribution < 1.29 is 14.3 Å². The van der Waals surface area contributed by atoms with E-state index in [0.717, 1.165) is 0 Å². The Morgan fingerprint density at radius 2 is 1.79 bits per heavy atom. The van der Waals surface area contributed by atoms with Crippen LogP contribution in [-0.2, 0) is 4.79 Å². The zero-order valence-corrected chi connectivity index (χ0v) is 16.8. The summed E-state index contributed by atoms with van der Waals surface area (Å²) in [4.78, 5) is 25.0. The molecule has 1 aliphatic rings. The molecule has 6 nitrogen and oxygen atoms in total. The van der Waals surface area contributed by atoms with Gasteiger partial charge in [0.2, 0.25) is 0 Å². The number of urea groups is 1. The van der Waals surface area contributed by atoms with Crippen LogP contribution in [0.3, 0.4) is 0 Å². The highest BCUT2D eigenvalue weighted by Gasteiger charge is 2.33. The fourth-order valence-electron chi connectivity index (χ4n) is 3.00. The normalized spacial score (nSPS) is 16.3. The first kappa shape index (κ1) is 20.0. The minimum Gasteiger partial charge on any atom is -0.494 e. The number of amides is 3. The SMILES string of the molecule is CCOc1ccc(NC(=O)C2=C(C)NC(=O)NC2c2c(Cl)cccc2Cl)cc1. The molecular formula is C20H19Cl2N3O3. The molecule has 0 bridgehead atoms. The van der Waals surface area contributed by atoms with E-state index in [-0.39, 0.29) is 5.91 Å². The number of nitrogens with one attached hydrogen (secondary N) is 3. The molecule has 146 valence electrons. The fraction of sp³-hybridized carbons (Fsp3) is 0.200. The van der Waals surface area contributed by atoms with Gasteiger partial charge in [0.1, 0.15) is 5.75 Å². The smallest absolute Gasteiger partial charge is 0.319 e. The maximum Gasteiger partial charge on any atom is 0.319 e. The summed E-state index contributed by atoms with van der Waals surface area (Å²) in [6.45, 7) is 4.11. The third kappa shape index (κ3) is 4.24. The molecule has 3 amide bonds. The van der Waals surface area contributed by atoms with Crippen molar-refractivity contribution in [3.05, 3.63) is 69.3 Å². The number of carbonyl (C=O) groups is 2. The number of hydrogen-bond donors (Lipinski definition) is 3. The van der Waals surface area contributed by atoms with Crippen molar-refractivity contribution in [2.45, 2.75) is 19.9 Å². The number of hydrogen-bond acceptors (Lipinski definition) is 3. The fourth-order valence-corrected chi connectivity index (χ4v) is 3.61. The van der Waals surface area contributed by atoms with E-state index in [4.69, 9.17) is 27.9 Å². The Kier molecular flexibility index (Phi) is 6.11. The number of rotatable bonds is 5. The molecule has 3 rings (SSSR count). The van der Waals surface area contributed by atoms with Crippen LogP contribution in [0.25, 0.3) is 0 Å². The van der Waals surface area contributed by atoms with Crippen LogP contribution < -0.4 is 20.7 Å². The van der Waals surface area contributed by atoms with Crippen molar-refractivity contribution >= 4 is 40.8 Å². The summed E-state index contributed by atoms with van der Waals surface area (Å²) in [7, 11) is 0. The van der Waals surface area contributed by atoms with Gasteiger partial charge in [-0.3, -0.25) is 4.79 Å². The van der Waals surface area contributed by atoms with Gasteiger partial charge in [0.15, 0.2) is 0 Å². The maximum atomic E-state index is 13.0. The van der Waals surface area contributed by atoms with Crippen LogP contribution in [0.2, 0.25) is 10.0 Å². The summed E-state index contributed by atoms with van der Waals surface area (Å²) < 4.78 is 5.40. The van der Waals surface area contributed by atoms with E-state index < -0.39 is 12.1 Å². The summed E-state index contributed by atoms with van der Waals surface area (Å²) >= 11 is 12.6. The van der Waals surface area contributed by atoms with Gasteiger partial charge in [0.25, 0.3) is 5.91 Å². The first-order chi connectivity index (χ1) is 13.4. The third-order valence-corrected chi connectivity index (χ3v) is 4.88. The highest BCUT2D eigenvalue weighted by molar-refractivity contribution is 6.36. The zero-order valence-electron chi connectivity index (χ0n) is 15.3. The topological polar surface area (TPSA) is 79.5 Å². The lowest BCUT2D eigenvalue weighted by molar-refractivity contribution is -0.113. The average molecular weight is 420 g/mol. The van der Waals surface area contributed by atoms with Crippen LogP contribution in [-0.4, -0.2) is 18.5 Å². The van der Waals surface area contributed by atoms with Crippen LogP contribution in [0.4, 0.5) is 10.5 Å². The quantitative estimate of drug-likeness (QED) is 0.659. The Bertz CT molecular complexity index is 922. The first-order valence-corrected chi connectivity index (χ1v) is 9.42. The second-order valence-electron chi connectivity index (χ2n) is 6.12. The van der Waals surface area contributed by atoms with Gasteiger partial charge in [-0.2, -0.15) is 0 Å². The van der Waals surface area contributed by atoms with Crippen molar-refractivity contribution in [2.24, 2.45) is 0 Å². The second kappa shape index (κ2) is 8.54. The molecule has 2 aromatic carbocycles. The van der Waals surface area contributed by atoms with Gasteiger partial charge >= 0.3 is 6.03 Å². The molecule has 2 aromatic rings. The summed E-state index contributed by atoms with van der Waals surface area (Å²) in [6, 6.07) is 10.8. The van der Waals surface area contributed by atoms with E-state index in [9.17, 15) is 9.59 Å². The highest BCUT2D eigenvalue weighted by atomic mass is 35.5. The van der Waals surface area contributed by atoms with E-state index in [1.54, 1.807) is 49.4 Å². The van der Waals surface area contributed by atoms with E-state index in [2.05, 4.69) is 16.0 Å². The standard InChI is InChI=1S/C20H19Cl2N3O3/c1-3-28-13-9-7-12(8-10-13)24-19(26)16-11(2)23-20(27)25-18(16)17-14(21)5-4-6-15(17)22/h4-10,18H,3H2,1-2H3,(H,24,26)(H2,23,25,27). The van der Waals surface area contributed by atoms with Crippen molar-refractivity contribution in [3.63, 3.8) is 0 Å². The number of benzene rings is 2. The number of carbonyl (C=O) groups excluding carboxylic acids is 2. The minimum absolute atomic E-state index is 0.323. The number of allylic oxidation sites excluding steroid dienone is 1. The minimum atomic E-state index is -0.780. The number of ether oxygens (including phenoxy) is 1. The van der Waals surface area contributed by atoms with Crippen molar-refractivity contribution in [1.82, 2.24) is 10.6 Å². The predicted octanol–water partition coefficient (Wildman–Crippen LogP) is 4.66. The molecule has 8 heteroatoms. The lowest BCUT2D eigenvalue weighted by Crippen LogP contribution is -2.46. The molecule has 0 saturated carbocycles. The van der Waals surface area contributed by atoms with Gasteiger partial charge in [-0.25, -0.2) is 4.79 Å². The van der Waals surface area contributed by atoms with E-state index in [1.165, 1.54) is 0 Å². The molecule has 0 aromatic heterocycles. The molecule has 0 spiro atoms. The summed E-state index contributed by atoms with van der Waals surface area (Å²) in [5, 5.41) is 8.91. The van der Waals surface area contributed by atoms with Crippen molar-refractivity contribution in [3.8, 4) is 5.75 Å². The first-order valence-electron chi connectivity index (χ1n) is 8.67. The molecule has 0 aliphatic carbocycles. The van der Waals surface area contributed by atoms with Crippen LogP contribution in [0.5, 0.6) is 5.75 Å². The molecular weight excluding hydrogens is 401 g/mol. The summed E-state index contributed by atoms with van der Waals surface area (Å²) in [5.74, 6) is 0.332. The van der Waals surface area contributed by atoms with Crippen LogP contribution in [0.1, 0.15) is 25.5 Å². The summed E-state index contributed by atoms with van der Waals surface area (Å²) in [5.41, 5.74) is 1.81. The van der Waals surface area contributed by atoms with Gasteiger partial charge < -0.3 is 20.7 Å². The molecule has 0 radical (unpaired) electrons. The van der Waals surface area contributed by atoms with Gasteiger partial charge in [0, 0.05) is 27.0 Å². The number of halogens is 2. The monoisotopic (exact) mass is 419 g/mol.